The van der Waals surface area contributed by atoms with Gasteiger partial charge < -0.3 is 5.32 Å². The van der Waals surface area contributed by atoms with Crippen LogP contribution in [0.15, 0.2) is 42.5 Å². The van der Waals surface area contributed by atoms with Gasteiger partial charge in [0.05, 0.1) is 10.0 Å². The van der Waals surface area contributed by atoms with E-state index in [0.29, 0.717) is 34.1 Å². The number of nitrogens with one attached hydrogen (secondary N) is 1. The van der Waals surface area contributed by atoms with Gasteiger partial charge in [0.2, 0.25) is 5.91 Å². The summed E-state index contributed by atoms with van der Waals surface area (Å²) in [4.78, 5) is 23.3. The first-order chi connectivity index (χ1) is 10.5. The Hall–Kier alpha value is -1.84. The standard InChI is InChI=1S/C17H15Cl2NO2/c1-11(21)13-3-2-4-14(10-13)20-17(22)8-6-12-5-7-15(18)16(19)9-12/h2-5,7,9-10H,6,8H2,1H3,(H,20,22). The maximum atomic E-state index is 12.0. The number of hydrogen-bond donors (Lipinski definition) is 1. The largest absolute Gasteiger partial charge is 0.326 e. The number of benzene rings is 2. The van der Waals surface area contributed by atoms with E-state index in [1.54, 1.807) is 36.4 Å². The summed E-state index contributed by atoms with van der Waals surface area (Å²) in [7, 11) is 0. The number of halogens is 2. The molecule has 0 unspecified atom stereocenters. The average molecular weight is 336 g/mol. The smallest absolute Gasteiger partial charge is 0.224 e. The van der Waals surface area contributed by atoms with Gasteiger partial charge in [-0.15, -0.1) is 0 Å². The van der Waals surface area contributed by atoms with Crippen LogP contribution in [0.5, 0.6) is 0 Å². The van der Waals surface area contributed by atoms with Gasteiger partial charge in [0.25, 0.3) is 0 Å². The zero-order valence-electron chi connectivity index (χ0n) is 12.0. The van der Waals surface area contributed by atoms with Crippen LogP contribution in [0.3, 0.4) is 0 Å². The number of amides is 1. The second-order valence-corrected chi connectivity index (χ2v) is 5.75. The molecule has 0 radical (unpaired) electrons. The van der Waals surface area contributed by atoms with Gasteiger partial charge in [0.15, 0.2) is 5.78 Å². The Morgan fingerprint density at radius 1 is 1.05 bits per heavy atom. The van der Waals surface area contributed by atoms with Crippen molar-refractivity contribution < 1.29 is 9.59 Å². The van der Waals surface area contributed by atoms with Gasteiger partial charge in [-0.05, 0) is 43.2 Å². The predicted molar refractivity (Wildman–Crippen MR) is 89.9 cm³/mol. The van der Waals surface area contributed by atoms with Crippen molar-refractivity contribution in [1.82, 2.24) is 0 Å². The minimum Gasteiger partial charge on any atom is -0.326 e. The van der Waals surface area contributed by atoms with Gasteiger partial charge in [0.1, 0.15) is 0 Å². The summed E-state index contributed by atoms with van der Waals surface area (Å²) in [5.74, 6) is -0.154. The first kappa shape index (κ1) is 16.5. The van der Waals surface area contributed by atoms with Crippen LogP contribution in [0.25, 0.3) is 0 Å². The van der Waals surface area contributed by atoms with Gasteiger partial charge in [-0.3, -0.25) is 9.59 Å². The zero-order chi connectivity index (χ0) is 16.1. The van der Waals surface area contributed by atoms with E-state index in [1.807, 2.05) is 6.07 Å². The van der Waals surface area contributed by atoms with Gasteiger partial charge in [-0.25, -0.2) is 0 Å². The van der Waals surface area contributed by atoms with Crippen molar-refractivity contribution in [1.29, 1.82) is 0 Å². The van der Waals surface area contributed by atoms with Crippen molar-refractivity contribution in [2.75, 3.05) is 5.32 Å². The lowest BCUT2D eigenvalue weighted by Gasteiger charge is -2.07. The highest BCUT2D eigenvalue weighted by atomic mass is 35.5. The molecule has 2 aromatic carbocycles. The fourth-order valence-corrected chi connectivity index (χ4v) is 2.31. The molecule has 2 aromatic rings. The zero-order valence-corrected chi connectivity index (χ0v) is 13.5. The molecule has 0 fully saturated rings. The molecule has 2 rings (SSSR count). The third-order valence-electron chi connectivity index (χ3n) is 3.18. The van der Waals surface area contributed by atoms with Crippen molar-refractivity contribution in [2.45, 2.75) is 19.8 Å². The number of hydrogen-bond acceptors (Lipinski definition) is 2. The van der Waals surface area contributed by atoms with E-state index in [2.05, 4.69) is 5.32 Å². The molecule has 0 spiro atoms. The monoisotopic (exact) mass is 335 g/mol. The Morgan fingerprint density at radius 2 is 1.82 bits per heavy atom. The fraction of sp³-hybridized carbons (Fsp3) is 0.176. The summed E-state index contributed by atoms with van der Waals surface area (Å²) in [5.41, 5.74) is 2.14. The maximum Gasteiger partial charge on any atom is 0.224 e. The van der Waals surface area contributed by atoms with E-state index < -0.39 is 0 Å². The fourth-order valence-electron chi connectivity index (χ4n) is 1.99. The van der Waals surface area contributed by atoms with E-state index in [0.717, 1.165) is 5.56 Å². The number of Topliss-reactive ketones (excluding diaryl/α,β-unsaturated/α-hetero) is 1. The highest BCUT2D eigenvalue weighted by molar-refractivity contribution is 6.42. The Balaban J connectivity index is 1.94. The molecule has 0 atom stereocenters. The quantitative estimate of drug-likeness (QED) is 0.800. The van der Waals surface area contributed by atoms with Crippen LogP contribution in [0.1, 0.15) is 29.3 Å². The van der Waals surface area contributed by atoms with Crippen molar-refractivity contribution in [3.63, 3.8) is 0 Å². The average Bonchev–Trinajstić information content (AvgIpc) is 2.49. The van der Waals surface area contributed by atoms with Crippen molar-refractivity contribution in [2.24, 2.45) is 0 Å². The third-order valence-corrected chi connectivity index (χ3v) is 3.92. The van der Waals surface area contributed by atoms with Crippen LogP contribution in [-0.4, -0.2) is 11.7 Å². The molecule has 114 valence electrons. The molecular weight excluding hydrogens is 321 g/mol. The minimum absolute atomic E-state index is 0.0353. The highest BCUT2D eigenvalue weighted by Gasteiger charge is 2.06. The lowest BCUT2D eigenvalue weighted by molar-refractivity contribution is -0.116. The molecule has 0 saturated carbocycles. The lowest BCUT2D eigenvalue weighted by atomic mass is 10.1. The van der Waals surface area contributed by atoms with E-state index in [4.69, 9.17) is 23.2 Å². The number of aryl methyl sites for hydroxylation is 1. The van der Waals surface area contributed by atoms with Crippen molar-refractivity contribution in [3.05, 3.63) is 63.6 Å². The summed E-state index contributed by atoms with van der Waals surface area (Å²) >= 11 is 11.8. The summed E-state index contributed by atoms with van der Waals surface area (Å²) in [6.45, 7) is 1.49. The van der Waals surface area contributed by atoms with Gasteiger partial charge in [0, 0.05) is 17.7 Å². The SMILES string of the molecule is CC(=O)c1cccc(NC(=O)CCc2ccc(Cl)c(Cl)c2)c1. The van der Waals surface area contributed by atoms with E-state index in [9.17, 15) is 9.59 Å². The molecule has 1 amide bonds. The van der Waals surface area contributed by atoms with Crippen LogP contribution in [0.4, 0.5) is 5.69 Å². The molecule has 3 nitrogen and oxygen atoms in total. The summed E-state index contributed by atoms with van der Waals surface area (Å²) in [5, 5.41) is 3.76. The summed E-state index contributed by atoms with van der Waals surface area (Å²) < 4.78 is 0. The van der Waals surface area contributed by atoms with Crippen LogP contribution in [-0.2, 0) is 11.2 Å². The lowest BCUT2D eigenvalue weighted by Crippen LogP contribution is -2.12. The van der Waals surface area contributed by atoms with Crippen LogP contribution >= 0.6 is 23.2 Å². The number of ketones is 1. The topological polar surface area (TPSA) is 46.2 Å². The predicted octanol–water partition coefficient (Wildman–Crippen LogP) is 4.77. The second-order valence-electron chi connectivity index (χ2n) is 4.93. The Kier molecular flexibility index (Phi) is 5.58. The molecule has 0 saturated heterocycles. The molecule has 5 heteroatoms. The maximum absolute atomic E-state index is 12.0. The van der Waals surface area contributed by atoms with Crippen LogP contribution in [0.2, 0.25) is 10.0 Å². The number of carbonyl (C=O) groups excluding carboxylic acids is 2. The van der Waals surface area contributed by atoms with Crippen LogP contribution < -0.4 is 5.32 Å². The molecular formula is C17H15Cl2NO2. The van der Waals surface area contributed by atoms with E-state index in [-0.39, 0.29) is 11.7 Å². The molecule has 0 aliphatic heterocycles. The highest BCUT2D eigenvalue weighted by Crippen LogP contribution is 2.23. The van der Waals surface area contributed by atoms with E-state index >= 15 is 0 Å². The van der Waals surface area contributed by atoms with Crippen molar-refractivity contribution >= 4 is 40.6 Å². The second kappa shape index (κ2) is 7.43. The molecule has 0 aromatic heterocycles. The van der Waals surface area contributed by atoms with E-state index in [1.165, 1.54) is 6.92 Å². The Bertz CT molecular complexity index is 714. The summed E-state index contributed by atoms with van der Waals surface area (Å²) in [6.07, 6.45) is 0.886. The molecule has 0 aliphatic carbocycles. The molecule has 0 aliphatic rings. The number of rotatable bonds is 5. The van der Waals surface area contributed by atoms with Gasteiger partial charge in [-0.1, -0.05) is 41.4 Å². The molecule has 22 heavy (non-hydrogen) atoms. The van der Waals surface area contributed by atoms with Gasteiger partial charge in [-0.2, -0.15) is 0 Å². The number of carbonyl (C=O) groups is 2. The molecule has 0 bridgehead atoms. The first-order valence-electron chi connectivity index (χ1n) is 6.80. The molecule has 0 heterocycles. The first-order valence-corrected chi connectivity index (χ1v) is 7.56. The Morgan fingerprint density at radius 3 is 2.50 bits per heavy atom. The minimum atomic E-state index is -0.119. The summed E-state index contributed by atoms with van der Waals surface area (Å²) in [6, 6.07) is 12.2. The van der Waals surface area contributed by atoms with Gasteiger partial charge >= 0.3 is 0 Å². The Labute approximate surface area is 139 Å². The number of anilines is 1. The third kappa shape index (κ3) is 4.58. The van der Waals surface area contributed by atoms with Crippen LogP contribution in [0, 0.1) is 0 Å². The van der Waals surface area contributed by atoms with Crippen molar-refractivity contribution in [3.8, 4) is 0 Å². The molecule has 1 N–H and O–H groups in total. The normalized spacial score (nSPS) is 10.3.